The van der Waals surface area contributed by atoms with Crippen molar-refractivity contribution in [1.82, 2.24) is 0 Å². The molecule has 0 aliphatic carbocycles. The molecular formula is C6H3F13S. The highest BCUT2D eigenvalue weighted by molar-refractivity contribution is 8.46. The number of allylic oxidation sites excluding steroid dienone is 1. The molecule has 20 heavy (non-hydrogen) atoms. The van der Waals surface area contributed by atoms with Gasteiger partial charge in [0.2, 0.25) is 0 Å². The second-order valence-electron chi connectivity index (χ2n) is 3.46. The van der Waals surface area contributed by atoms with Crippen molar-refractivity contribution in [2.75, 3.05) is 0 Å². The van der Waals surface area contributed by atoms with E-state index in [0.717, 1.165) is 0 Å². The maximum atomic E-state index is 12.5. The first-order valence-corrected chi connectivity index (χ1v) is 5.89. The van der Waals surface area contributed by atoms with E-state index < -0.39 is 39.3 Å². The molecule has 0 aromatic heterocycles. The van der Waals surface area contributed by atoms with Gasteiger partial charge in [0, 0.05) is 0 Å². The predicted molar refractivity (Wildman–Crippen MR) is 43.1 cm³/mol. The summed E-state index contributed by atoms with van der Waals surface area (Å²) >= 11 is 0. The van der Waals surface area contributed by atoms with Crippen molar-refractivity contribution in [1.29, 1.82) is 0 Å². The minimum Gasteiger partial charge on any atom is -0.195 e. The Morgan fingerprint density at radius 1 is 0.650 bits per heavy atom. The second-order valence-corrected chi connectivity index (χ2v) is 5.91. The van der Waals surface area contributed by atoms with Crippen LogP contribution in [0, 0.1) is 0 Å². The van der Waals surface area contributed by atoms with Crippen LogP contribution in [0.5, 0.6) is 0 Å². The lowest BCUT2D eigenvalue weighted by Crippen LogP contribution is -2.64. The topological polar surface area (TPSA) is 0 Å². The van der Waals surface area contributed by atoms with Gasteiger partial charge in [-0.3, -0.25) is 0 Å². The van der Waals surface area contributed by atoms with Gasteiger partial charge in [-0.05, 0) is 6.08 Å². The first kappa shape index (κ1) is 19.2. The monoisotopic (exact) mass is 354 g/mol. The van der Waals surface area contributed by atoms with Crippen LogP contribution in [-0.2, 0) is 0 Å². The molecular weight excluding hydrogens is 351 g/mol. The molecule has 0 unspecified atom stereocenters. The van der Waals surface area contributed by atoms with Gasteiger partial charge in [-0.1, -0.05) is 26.0 Å². The van der Waals surface area contributed by atoms with Crippen LogP contribution in [-0.4, -0.2) is 23.0 Å². The molecule has 14 heteroatoms. The lowest BCUT2D eigenvalue weighted by molar-refractivity contribution is -0.340. The smallest absolute Gasteiger partial charge is 0.195 e. The maximum absolute atomic E-state index is 12.6. The lowest BCUT2D eigenvalue weighted by atomic mass is 10.0. The molecule has 0 aliphatic heterocycles. The first-order valence-electron chi connectivity index (χ1n) is 3.93. The molecule has 0 N–H and O–H groups in total. The third-order valence-electron chi connectivity index (χ3n) is 1.92. The zero-order valence-corrected chi connectivity index (χ0v) is 9.42. The number of halogens is 13. The summed E-state index contributed by atoms with van der Waals surface area (Å²) in [4.78, 5) is 0. The van der Waals surface area contributed by atoms with Crippen LogP contribution in [0.2, 0.25) is 0 Å². The number of alkyl halides is 8. The molecule has 124 valence electrons. The molecule has 0 saturated heterocycles. The van der Waals surface area contributed by atoms with Crippen LogP contribution in [0.25, 0.3) is 0 Å². The fourth-order valence-corrected chi connectivity index (χ4v) is 1.38. The Balaban J connectivity index is 6.37. The van der Waals surface area contributed by atoms with E-state index in [0.29, 0.717) is 0 Å². The van der Waals surface area contributed by atoms with Gasteiger partial charge in [-0.15, -0.1) is 0 Å². The highest BCUT2D eigenvalue weighted by Crippen LogP contribution is 3.06. The molecule has 0 aromatic carbocycles. The van der Waals surface area contributed by atoms with Gasteiger partial charge in [-0.2, -0.15) is 35.1 Å². The molecule has 0 fully saturated rings. The summed E-state index contributed by atoms with van der Waals surface area (Å²) in [5, 5.41) is -8.68. The van der Waals surface area contributed by atoms with Gasteiger partial charge in [0.05, 0.1) is 0 Å². The summed E-state index contributed by atoms with van der Waals surface area (Å²) in [6.07, 6.45) is -1.37. The van der Waals surface area contributed by atoms with E-state index in [1.165, 1.54) is 0 Å². The average Bonchev–Trinajstić information content (AvgIpc) is 2.12. The Labute approximate surface area is 101 Å². The zero-order chi connectivity index (χ0) is 17.1. The summed E-state index contributed by atoms with van der Waals surface area (Å²) in [5.41, 5.74) is 0. The van der Waals surface area contributed by atoms with Crippen molar-refractivity contribution in [3.8, 4) is 0 Å². The third-order valence-corrected chi connectivity index (χ3v) is 3.14. The zero-order valence-electron chi connectivity index (χ0n) is 8.61. The van der Waals surface area contributed by atoms with Gasteiger partial charge < -0.3 is 0 Å². The van der Waals surface area contributed by atoms with E-state index in [-0.39, 0.29) is 0 Å². The van der Waals surface area contributed by atoms with Crippen LogP contribution in [0.1, 0.15) is 0 Å². The van der Waals surface area contributed by atoms with Crippen molar-refractivity contribution < 1.29 is 54.6 Å². The number of hydrogen-bond donors (Lipinski definition) is 0. The highest BCUT2D eigenvalue weighted by atomic mass is 32.5. The Kier molecular flexibility index (Phi) is 3.35. The van der Waals surface area contributed by atoms with Crippen molar-refractivity contribution in [3.05, 3.63) is 12.7 Å². The Bertz CT molecular complexity index is 413. The summed E-state index contributed by atoms with van der Waals surface area (Å²) in [5.74, 6) is -21.9. The Morgan fingerprint density at radius 3 is 1.15 bits per heavy atom. The Morgan fingerprint density at radius 2 is 0.950 bits per heavy atom. The van der Waals surface area contributed by atoms with Gasteiger partial charge in [0.1, 0.15) is 0 Å². The Hall–Kier alpha value is -0.820. The second kappa shape index (κ2) is 3.50. The fraction of sp³-hybridized carbons (Fsp3) is 0.667. The van der Waals surface area contributed by atoms with Crippen LogP contribution in [0.4, 0.5) is 54.6 Å². The van der Waals surface area contributed by atoms with Crippen LogP contribution in [0.15, 0.2) is 12.7 Å². The average molecular weight is 354 g/mol. The molecule has 0 heterocycles. The van der Waals surface area contributed by atoms with E-state index in [9.17, 15) is 54.6 Å². The predicted octanol–water partition coefficient (Wildman–Crippen LogP) is 5.97. The first-order chi connectivity index (χ1) is 8.06. The van der Waals surface area contributed by atoms with Gasteiger partial charge in [0.15, 0.2) is 0 Å². The van der Waals surface area contributed by atoms with Crippen molar-refractivity contribution in [2.45, 2.75) is 23.0 Å². The molecule has 0 bridgehead atoms. The third kappa shape index (κ3) is 2.30. The van der Waals surface area contributed by atoms with Crippen LogP contribution >= 0.6 is 10.2 Å². The summed E-state index contributed by atoms with van der Waals surface area (Å²) in [6, 6.07) is 0. The normalized spacial score (nSPS) is 19.2. The SMILES string of the molecule is C=CC(F)(F)C(F)(F)C(F)(F)C(F)(F)S(F)(F)(F)(F)F. The largest absolute Gasteiger partial charge is 0.450 e. The van der Waals surface area contributed by atoms with Gasteiger partial charge >= 0.3 is 33.2 Å². The van der Waals surface area contributed by atoms with Crippen molar-refractivity contribution >= 4 is 10.2 Å². The molecule has 0 amide bonds. The maximum Gasteiger partial charge on any atom is 0.450 e. The molecule has 0 spiro atoms. The van der Waals surface area contributed by atoms with Gasteiger partial charge in [-0.25, -0.2) is 0 Å². The molecule has 0 aliphatic rings. The van der Waals surface area contributed by atoms with Gasteiger partial charge in [0.25, 0.3) is 0 Å². The lowest BCUT2D eigenvalue weighted by Gasteiger charge is -2.49. The number of hydrogen-bond acceptors (Lipinski definition) is 0. The molecule has 0 aromatic rings. The molecule has 0 atom stereocenters. The highest BCUT2D eigenvalue weighted by Gasteiger charge is 2.97. The van der Waals surface area contributed by atoms with E-state index in [4.69, 9.17) is 0 Å². The van der Waals surface area contributed by atoms with Crippen molar-refractivity contribution in [2.24, 2.45) is 0 Å². The van der Waals surface area contributed by atoms with Crippen LogP contribution < -0.4 is 0 Å². The summed E-state index contributed by atoms with van der Waals surface area (Å²) in [6.45, 7) is 1.82. The number of rotatable bonds is 5. The molecule has 0 saturated carbocycles. The fourth-order valence-electron chi connectivity index (χ4n) is 0.763. The van der Waals surface area contributed by atoms with E-state index in [1.54, 1.807) is 0 Å². The summed E-state index contributed by atoms with van der Waals surface area (Å²) in [7, 11) is -12.6. The minimum atomic E-state index is -12.6. The van der Waals surface area contributed by atoms with E-state index in [2.05, 4.69) is 0 Å². The van der Waals surface area contributed by atoms with E-state index in [1.807, 2.05) is 6.58 Å². The van der Waals surface area contributed by atoms with Crippen molar-refractivity contribution in [3.63, 3.8) is 0 Å². The van der Waals surface area contributed by atoms with Crippen LogP contribution in [0.3, 0.4) is 0 Å². The quantitative estimate of drug-likeness (QED) is 0.422. The standard InChI is InChI=1S/C6H3F13S/c1-2-3(7,8)4(9,10)5(11,12)6(13,14)20(15,16,17,18)19/h2H,1H2. The summed E-state index contributed by atoms with van der Waals surface area (Å²) < 4.78 is 157. The molecule has 0 nitrogen and oxygen atoms in total. The molecule has 0 rings (SSSR count). The minimum absolute atomic E-state index is 1.37. The molecule has 0 radical (unpaired) electrons. The van der Waals surface area contributed by atoms with E-state index >= 15 is 0 Å².